The van der Waals surface area contributed by atoms with Crippen molar-refractivity contribution in [3.8, 4) is 0 Å². The number of benzene rings is 1. The lowest BCUT2D eigenvalue weighted by atomic mass is 10.0. The Labute approximate surface area is 178 Å². The highest BCUT2D eigenvalue weighted by Crippen LogP contribution is 2.22. The highest BCUT2D eigenvalue weighted by molar-refractivity contribution is 5.82. The van der Waals surface area contributed by atoms with E-state index < -0.39 is 18.1 Å². The molecule has 0 bridgehead atoms. The normalized spacial score (nSPS) is 12.7. The van der Waals surface area contributed by atoms with Gasteiger partial charge in [-0.2, -0.15) is 0 Å². The third-order valence-corrected chi connectivity index (χ3v) is 5.44. The van der Waals surface area contributed by atoms with Gasteiger partial charge >= 0.3 is 5.63 Å². The van der Waals surface area contributed by atoms with Gasteiger partial charge in [0.05, 0.1) is 0 Å². The topological polar surface area (TPSA) is 30.2 Å². The summed E-state index contributed by atoms with van der Waals surface area (Å²) >= 11 is 0. The van der Waals surface area contributed by atoms with Crippen LogP contribution in [0, 0.1) is 5.82 Å². The molecule has 0 saturated carbocycles. The highest BCUT2D eigenvalue weighted by atomic mass is 19.1. The fraction of sp³-hybridized carbons (Fsp3) is 0.500. The minimum atomic E-state index is -0.634. The summed E-state index contributed by atoms with van der Waals surface area (Å²) in [6.07, 6.45) is 11.6. The van der Waals surface area contributed by atoms with Gasteiger partial charge in [0.2, 0.25) is 0 Å². The molecular weight excluding hydrogens is 382 g/mol. The Kier molecular flexibility index (Phi) is 9.99. The van der Waals surface area contributed by atoms with E-state index in [4.69, 9.17) is 4.42 Å². The molecule has 30 heavy (non-hydrogen) atoms. The Morgan fingerprint density at radius 1 is 1.03 bits per heavy atom. The van der Waals surface area contributed by atoms with Crippen molar-refractivity contribution in [1.29, 1.82) is 0 Å². The minimum absolute atomic E-state index is 0.00908. The van der Waals surface area contributed by atoms with Crippen LogP contribution in [0.5, 0.6) is 0 Å². The predicted octanol–water partition coefficient (Wildman–Crippen LogP) is 7.63. The molecule has 0 amide bonds. The molecule has 0 fully saturated rings. The molecular formula is C26H34F2O2. The first-order chi connectivity index (χ1) is 14.5. The van der Waals surface area contributed by atoms with Crippen molar-refractivity contribution in [2.75, 3.05) is 6.67 Å². The maximum atomic E-state index is 15.0. The third-order valence-electron chi connectivity index (χ3n) is 5.44. The van der Waals surface area contributed by atoms with Gasteiger partial charge in [0.15, 0.2) is 0 Å². The Morgan fingerprint density at radius 2 is 1.80 bits per heavy atom. The molecule has 1 aromatic carbocycles. The maximum Gasteiger partial charge on any atom is 0.346 e. The third kappa shape index (κ3) is 6.93. The Morgan fingerprint density at radius 3 is 2.50 bits per heavy atom. The molecule has 2 rings (SSSR count). The number of unbranched alkanes of at least 4 members (excludes halogenated alkanes) is 3. The molecule has 0 atom stereocenters. The van der Waals surface area contributed by atoms with Crippen LogP contribution >= 0.6 is 0 Å². The van der Waals surface area contributed by atoms with Gasteiger partial charge in [-0.05, 0) is 61.6 Å². The summed E-state index contributed by atoms with van der Waals surface area (Å²) in [6, 6.07) is 5.21. The van der Waals surface area contributed by atoms with Crippen molar-refractivity contribution in [3.63, 3.8) is 0 Å². The molecule has 0 aliphatic carbocycles. The average Bonchev–Trinajstić information content (AvgIpc) is 2.73. The van der Waals surface area contributed by atoms with E-state index in [0.29, 0.717) is 41.5 Å². The van der Waals surface area contributed by atoms with Crippen LogP contribution in [0.2, 0.25) is 0 Å². The van der Waals surface area contributed by atoms with Crippen LogP contribution in [0.15, 0.2) is 50.7 Å². The van der Waals surface area contributed by atoms with Crippen LogP contribution in [-0.4, -0.2) is 6.67 Å². The number of fused-ring (bicyclic) bond motifs is 1. The summed E-state index contributed by atoms with van der Waals surface area (Å²) in [5.74, 6) is 0.0398. The number of hydrogen-bond donors (Lipinski definition) is 0. The monoisotopic (exact) mass is 416 g/mol. The molecule has 0 aliphatic rings. The Hall–Kier alpha value is -2.23. The predicted molar refractivity (Wildman–Crippen MR) is 121 cm³/mol. The van der Waals surface area contributed by atoms with Crippen LogP contribution in [0.25, 0.3) is 10.8 Å². The van der Waals surface area contributed by atoms with E-state index in [0.717, 1.165) is 25.7 Å². The van der Waals surface area contributed by atoms with E-state index >= 15 is 0 Å². The molecule has 1 aromatic heterocycles. The lowest BCUT2D eigenvalue weighted by Crippen LogP contribution is -2.07. The van der Waals surface area contributed by atoms with Crippen molar-refractivity contribution in [1.82, 2.24) is 0 Å². The SMILES string of the molecule is CCCCC/C(C)=C/C=C(\CF)CCc1ccc2cc(CCCC)oc(=O)c2c1F. The highest BCUT2D eigenvalue weighted by Gasteiger charge is 2.14. The summed E-state index contributed by atoms with van der Waals surface area (Å²) in [5.41, 5.74) is 1.64. The summed E-state index contributed by atoms with van der Waals surface area (Å²) in [4.78, 5) is 12.3. The van der Waals surface area contributed by atoms with E-state index in [2.05, 4.69) is 20.8 Å². The van der Waals surface area contributed by atoms with Gasteiger partial charge in [0, 0.05) is 6.42 Å². The lowest BCUT2D eigenvalue weighted by molar-refractivity contribution is 0.457. The quantitative estimate of drug-likeness (QED) is 0.263. The fourth-order valence-corrected chi connectivity index (χ4v) is 3.49. The van der Waals surface area contributed by atoms with Crippen LogP contribution in [0.4, 0.5) is 8.78 Å². The van der Waals surface area contributed by atoms with E-state index in [1.165, 1.54) is 18.4 Å². The zero-order chi connectivity index (χ0) is 21.9. The summed E-state index contributed by atoms with van der Waals surface area (Å²) in [7, 11) is 0. The van der Waals surface area contributed by atoms with Crippen molar-refractivity contribution in [2.45, 2.75) is 78.6 Å². The number of aryl methyl sites for hydroxylation is 2. The van der Waals surface area contributed by atoms with Crippen LogP contribution in [0.1, 0.15) is 77.0 Å². The summed E-state index contributed by atoms with van der Waals surface area (Å²) in [5, 5.41) is 0.552. The molecule has 0 unspecified atom stereocenters. The standard InChI is InChI=1S/C26H34F2O2/c1-4-6-8-9-19(3)11-12-20(18-27)13-14-21-15-16-22-17-23(10-7-5-2)30-26(29)24(22)25(21)28/h11-12,15-17H,4-10,13-14,18H2,1-3H3/b19-11+,20-12-. The van der Waals surface area contributed by atoms with Crippen molar-refractivity contribution < 1.29 is 13.2 Å². The molecule has 0 N–H and O–H groups in total. The first-order valence-corrected chi connectivity index (χ1v) is 11.1. The maximum absolute atomic E-state index is 15.0. The van der Waals surface area contributed by atoms with Crippen molar-refractivity contribution >= 4 is 10.8 Å². The van der Waals surface area contributed by atoms with Gasteiger partial charge in [-0.15, -0.1) is 0 Å². The fourth-order valence-electron chi connectivity index (χ4n) is 3.49. The second kappa shape index (κ2) is 12.5. The first-order valence-electron chi connectivity index (χ1n) is 11.1. The molecule has 2 nitrogen and oxygen atoms in total. The van der Waals surface area contributed by atoms with Crippen LogP contribution in [0.3, 0.4) is 0 Å². The molecule has 1 heterocycles. The van der Waals surface area contributed by atoms with Crippen LogP contribution < -0.4 is 5.63 Å². The van der Waals surface area contributed by atoms with Gasteiger partial charge in [-0.1, -0.05) is 63.0 Å². The van der Waals surface area contributed by atoms with Gasteiger partial charge in [-0.25, -0.2) is 13.6 Å². The largest absolute Gasteiger partial charge is 0.427 e. The lowest BCUT2D eigenvalue weighted by Gasteiger charge is -2.08. The van der Waals surface area contributed by atoms with Crippen molar-refractivity contribution in [3.05, 3.63) is 69.1 Å². The molecule has 0 aliphatic heterocycles. The van der Waals surface area contributed by atoms with Gasteiger partial charge in [0.1, 0.15) is 23.6 Å². The minimum Gasteiger partial charge on any atom is -0.427 e. The number of hydrogen-bond acceptors (Lipinski definition) is 2. The van der Waals surface area contributed by atoms with Gasteiger partial charge < -0.3 is 4.42 Å². The number of alkyl halides is 1. The average molecular weight is 417 g/mol. The van der Waals surface area contributed by atoms with Crippen molar-refractivity contribution in [2.24, 2.45) is 0 Å². The second-order valence-electron chi connectivity index (χ2n) is 8.04. The van der Waals surface area contributed by atoms with Crippen LogP contribution in [-0.2, 0) is 12.8 Å². The smallest absolute Gasteiger partial charge is 0.346 e. The van der Waals surface area contributed by atoms with Gasteiger partial charge in [-0.3, -0.25) is 0 Å². The molecule has 2 aromatic rings. The number of allylic oxidation sites excluding steroid dienone is 4. The number of rotatable bonds is 12. The molecule has 0 spiro atoms. The van der Waals surface area contributed by atoms with E-state index in [-0.39, 0.29) is 5.39 Å². The molecule has 164 valence electrons. The second-order valence-corrected chi connectivity index (χ2v) is 8.04. The van der Waals surface area contributed by atoms with E-state index in [1.54, 1.807) is 18.2 Å². The Balaban J connectivity index is 2.13. The van der Waals surface area contributed by atoms with Gasteiger partial charge in [0.25, 0.3) is 0 Å². The molecule has 0 radical (unpaired) electrons. The first kappa shape index (κ1) is 24.0. The summed E-state index contributed by atoms with van der Waals surface area (Å²) in [6.45, 7) is 5.73. The Bertz CT molecular complexity index is 938. The molecule has 0 saturated heterocycles. The molecule has 4 heteroatoms. The summed E-state index contributed by atoms with van der Waals surface area (Å²) < 4.78 is 33.7. The van der Waals surface area contributed by atoms with E-state index in [1.807, 2.05) is 12.2 Å². The number of halogens is 2. The van der Waals surface area contributed by atoms with E-state index in [9.17, 15) is 13.6 Å². The zero-order valence-corrected chi connectivity index (χ0v) is 18.5. The zero-order valence-electron chi connectivity index (χ0n) is 18.5.